The molecule has 0 spiro atoms. The van der Waals surface area contributed by atoms with Crippen LogP contribution in [0.15, 0.2) is 18.2 Å². The van der Waals surface area contributed by atoms with Gasteiger partial charge in [0.2, 0.25) is 0 Å². The Kier molecular flexibility index (Phi) is 6.09. The van der Waals surface area contributed by atoms with Crippen molar-refractivity contribution in [3.05, 3.63) is 34.6 Å². The molecule has 1 aromatic carbocycles. The maximum atomic E-state index is 13.4. The van der Waals surface area contributed by atoms with E-state index in [0.717, 1.165) is 19.6 Å². The number of rotatable bonds is 6. The Labute approximate surface area is 112 Å². The second kappa shape index (κ2) is 7.34. The normalized spacial score (nSPS) is 10.7. The zero-order valence-electron chi connectivity index (χ0n) is 10.7. The maximum absolute atomic E-state index is 13.4. The highest BCUT2D eigenvalue weighted by Gasteiger charge is 2.11. The lowest BCUT2D eigenvalue weighted by Crippen LogP contribution is -2.35. The zero-order chi connectivity index (χ0) is 13.5. The van der Waals surface area contributed by atoms with Crippen molar-refractivity contribution < 1.29 is 9.18 Å². The van der Waals surface area contributed by atoms with E-state index in [1.54, 1.807) is 0 Å². The summed E-state index contributed by atoms with van der Waals surface area (Å²) in [4.78, 5) is 13.9. The van der Waals surface area contributed by atoms with Gasteiger partial charge in [-0.15, -0.1) is 0 Å². The Hall–Kier alpha value is -1.13. The summed E-state index contributed by atoms with van der Waals surface area (Å²) in [5, 5.41) is 3.04. The van der Waals surface area contributed by atoms with Gasteiger partial charge < -0.3 is 10.2 Å². The molecule has 0 saturated heterocycles. The second-order valence-electron chi connectivity index (χ2n) is 3.91. The third-order valence-corrected chi connectivity index (χ3v) is 3.02. The van der Waals surface area contributed by atoms with E-state index in [9.17, 15) is 9.18 Å². The molecule has 0 aliphatic heterocycles. The van der Waals surface area contributed by atoms with Crippen LogP contribution >= 0.6 is 11.6 Å². The van der Waals surface area contributed by atoms with Crippen LogP contribution in [-0.2, 0) is 0 Å². The van der Waals surface area contributed by atoms with Gasteiger partial charge in [-0.2, -0.15) is 0 Å². The molecule has 3 nitrogen and oxygen atoms in total. The monoisotopic (exact) mass is 272 g/mol. The van der Waals surface area contributed by atoms with Gasteiger partial charge in [-0.1, -0.05) is 25.4 Å². The van der Waals surface area contributed by atoms with Gasteiger partial charge in [0.1, 0.15) is 5.82 Å². The third kappa shape index (κ3) is 4.27. The van der Waals surface area contributed by atoms with Gasteiger partial charge in [-0.3, -0.25) is 4.79 Å². The fourth-order valence-corrected chi connectivity index (χ4v) is 1.81. The van der Waals surface area contributed by atoms with Crippen molar-refractivity contribution in [3.8, 4) is 0 Å². The minimum atomic E-state index is -0.556. The summed E-state index contributed by atoms with van der Waals surface area (Å²) in [7, 11) is 0. The largest absolute Gasteiger partial charge is 0.351 e. The van der Waals surface area contributed by atoms with Crippen molar-refractivity contribution in [1.82, 2.24) is 10.2 Å². The van der Waals surface area contributed by atoms with Crippen molar-refractivity contribution in [1.29, 1.82) is 0 Å². The SMILES string of the molecule is CCN(CC)CCNC(=O)c1cc(Cl)ccc1F. The molecule has 1 rings (SSSR count). The molecule has 1 amide bonds. The van der Waals surface area contributed by atoms with Gasteiger partial charge in [0.25, 0.3) is 5.91 Å². The molecule has 0 aromatic heterocycles. The average molecular weight is 273 g/mol. The van der Waals surface area contributed by atoms with E-state index in [0.29, 0.717) is 11.6 Å². The van der Waals surface area contributed by atoms with Crippen LogP contribution in [0.1, 0.15) is 24.2 Å². The number of amides is 1. The van der Waals surface area contributed by atoms with Crippen molar-refractivity contribution in [2.75, 3.05) is 26.2 Å². The first-order valence-electron chi connectivity index (χ1n) is 6.04. The van der Waals surface area contributed by atoms with Crippen LogP contribution < -0.4 is 5.32 Å². The summed E-state index contributed by atoms with van der Waals surface area (Å²) in [6.07, 6.45) is 0. The zero-order valence-corrected chi connectivity index (χ0v) is 11.4. The Bertz CT molecular complexity index is 408. The Morgan fingerprint density at radius 1 is 1.39 bits per heavy atom. The lowest BCUT2D eigenvalue weighted by atomic mass is 10.2. The van der Waals surface area contributed by atoms with Gasteiger partial charge in [0, 0.05) is 18.1 Å². The summed E-state index contributed by atoms with van der Waals surface area (Å²) in [5.74, 6) is -0.984. The number of carbonyl (C=O) groups excluding carboxylic acids is 1. The highest BCUT2D eigenvalue weighted by atomic mass is 35.5. The number of nitrogens with one attached hydrogen (secondary N) is 1. The molecule has 0 unspecified atom stereocenters. The van der Waals surface area contributed by atoms with Gasteiger partial charge in [-0.25, -0.2) is 4.39 Å². The number of halogens is 2. The molecule has 1 N–H and O–H groups in total. The van der Waals surface area contributed by atoms with E-state index >= 15 is 0 Å². The molecule has 1 aromatic rings. The van der Waals surface area contributed by atoms with E-state index in [2.05, 4.69) is 24.1 Å². The fourth-order valence-electron chi connectivity index (χ4n) is 1.63. The predicted molar refractivity (Wildman–Crippen MR) is 71.5 cm³/mol. The number of benzene rings is 1. The quantitative estimate of drug-likeness (QED) is 0.863. The predicted octanol–water partition coefficient (Wildman–Crippen LogP) is 2.55. The van der Waals surface area contributed by atoms with Crippen LogP contribution in [0.4, 0.5) is 4.39 Å². The molecular formula is C13H18ClFN2O. The van der Waals surface area contributed by atoms with Crippen LogP contribution in [0, 0.1) is 5.82 Å². The van der Waals surface area contributed by atoms with Crippen molar-refractivity contribution >= 4 is 17.5 Å². The summed E-state index contributed by atoms with van der Waals surface area (Å²) in [6.45, 7) is 7.22. The highest BCUT2D eigenvalue weighted by molar-refractivity contribution is 6.30. The molecule has 5 heteroatoms. The van der Waals surface area contributed by atoms with E-state index in [4.69, 9.17) is 11.6 Å². The lowest BCUT2D eigenvalue weighted by Gasteiger charge is -2.18. The number of carbonyl (C=O) groups is 1. The Morgan fingerprint density at radius 3 is 2.67 bits per heavy atom. The first-order chi connectivity index (χ1) is 8.58. The van der Waals surface area contributed by atoms with Crippen LogP contribution in [0.5, 0.6) is 0 Å². The maximum Gasteiger partial charge on any atom is 0.254 e. The van der Waals surface area contributed by atoms with Crippen LogP contribution in [0.25, 0.3) is 0 Å². The second-order valence-corrected chi connectivity index (χ2v) is 4.34. The number of hydrogen-bond acceptors (Lipinski definition) is 2. The molecule has 0 aliphatic carbocycles. The van der Waals surface area contributed by atoms with Gasteiger partial charge in [0.15, 0.2) is 0 Å². The third-order valence-electron chi connectivity index (χ3n) is 2.78. The smallest absolute Gasteiger partial charge is 0.254 e. The molecule has 18 heavy (non-hydrogen) atoms. The van der Waals surface area contributed by atoms with Crippen molar-refractivity contribution in [2.24, 2.45) is 0 Å². The highest BCUT2D eigenvalue weighted by Crippen LogP contribution is 2.14. The lowest BCUT2D eigenvalue weighted by molar-refractivity contribution is 0.0945. The van der Waals surface area contributed by atoms with E-state index in [-0.39, 0.29) is 5.56 Å². The van der Waals surface area contributed by atoms with E-state index < -0.39 is 11.7 Å². The first kappa shape index (κ1) is 14.9. The molecule has 0 heterocycles. The molecule has 0 saturated carbocycles. The Morgan fingerprint density at radius 2 is 2.06 bits per heavy atom. The Balaban J connectivity index is 2.53. The molecule has 0 atom stereocenters. The molecular weight excluding hydrogens is 255 g/mol. The standard InChI is InChI=1S/C13H18ClFN2O/c1-3-17(4-2)8-7-16-13(18)11-9-10(14)5-6-12(11)15/h5-6,9H,3-4,7-8H2,1-2H3,(H,16,18). The van der Waals surface area contributed by atoms with Crippen LogP contribution in [0.2, 0.25) is 5.02 Å². The van der Waals surface area contributed by atoms with Gasteiger partial charge >= 0.3 is 0 Å². The summed E-state index contributed by atoms with van der Waals surface area (Å²) < 4.78 is 13.4. The van der Waals surface area contributed by atoms with Crippen molar-refractivity contribution in [2.45, 2.75) is 13.8 Å². The molecule has 0 radical (unpaired) electrons. The topological polar surface area (TPSA) is 32.3 Å². The molecule has 0 bridgehead atoms. The summed E-state index contributed by atoms with van der Waals surface area (Å²) in [6, 6.07) is 3.95. The minimum Gasteiger partial charge on any atom is -0.351 e. The first-order valence-corrected chi connectivity index (χ1v) is 6.41. The number of likely N-dealkylation sites (N-methyl/N-ethyl adjacent to an activating group) is 1. The van der Waals surface area contributed by atoms with Crippen LogP contribution in [0.3, 0.4) is 0 Å². The average Bonchev–Trinajstić information content (AvgIpc) is 2.37. The minimum absolute atomic E-state index is 0.0120. The summed E-state index contributed by atoms with van der Waals surface area (Å²) >= 11 is 5.74. The molecule has 100 valence electrons. The van der Waals surface area contributed by atoms with Gasteiger partial charge in [0.05, 0.1) is 5.56 Å². The number of nitrogens with zero attached hydrogens (tertiary/aromatic N) is 1. The fraction of sp³-hybridized carbons (Fsp3) is 0.462. The summed E-state index contributed by atoms with van der Waals surface area (Å²) in [5.41, 5.74) is -0.0120. The molecule has 0 aliphatic rings. The molecule has 0 fully saturated rings. The van der Waals surface area contributed by atoms with Crippen LogP contribution in [-0.4, -0.2) is 37.0 Å². The van der Waals surface area contributed by atoms with E-state index in [1.807, 2.05) is 0 Å². The van der Waals surface area contributed by atoms with Crippen molar-refractivity contribution in [3.63, 3.8) is 0 Å². The number of hydrogen-bond donors (Lipinski definition) is 1. The van der Waals surface area contributed by atoms with E-state index in [1.165, 1.54) is 18.2 Å². The van der Waals surface area contributed by atoms with Gasteiger partial charge in [-0.05, 0) is 31.3 Å².